The SMILES string of the molecule is CN(C)C1CCCCN(Cc2ccc(OCC(=O)N3CCOCC3)cc2)C1. The Bertz CT molecular complexity index is 585. The molecule has 6 nitrogen and oxygen atoms in total. The fraction of sp³-hybridized carbons (Fsp3) is 0.667. The van der Waals surface area contributed by atoms with Crippen molar-refractivity contribution in [3.8, 4) is 5.75 Å². The van der Waals surface area contributed by atoms with Gasteiger partial charge in [0.1, 0.15) is 5.75 Å². The van der Waals surface area contributed by atoms with Crippen LogP contribution in [-0.4, -0.2) is 86.7 Å². The molecule has 150 valence electrons. The van der Waals surface area contributed by atoms with Gasteiger partial charge in [-0.15, -0.1) is 0 Å². The lowest BCUT2D eigenvalue weighted by molar-refractivity contribution is -0.137. The fourth-order valence-electron chi connectivity index (χ4n) is 3.76. The third kappa shape index (κ3) is 6.19. The van der Waals surface area contributed by atoms with Crippen LogP contribution < -0.4 is 4.74 Å². The minimum absolute atomic E-state index is 0.0293. The Hall–Kier alpha value is -1.63. The molecule has 0 saturated carbocycles. The quantitative estimate of drug-likeness (QED) is 0.759. The minimum Gasteiger partial charge on any atom is -0.484 e. The van der Waals surface area contributed by atoms with E-state index in [2.05, 4.69) is 36.0 Å². The fourth-order valence-corrected chi connectivity index (χ4v) is 3.76. The Morgan fingerprint density at radius 3 is 2.59 bits per heavy atom. The van der Waals surface area contributed by atoms with Gasteiger partial charge >= 0.3 is 0 Å². The molecule has 2 aliphatic heterocycles. The Morgan fingerprint density at radius 1 is 1.15 bits per heavy atom. The van der Waals surface area contributed by atoms with Gasteiger partial charge in [0.05, 0.1) is 13.2 Å². The standard InChI is InChI=1S/C21H33N3O3/c1-22(2)19-5-3-4-10-23(16-19)15-18-6-8-20(9-7-18)27-17-21(25)24-11-13-26-14-12-24/h6-9,19H,3-5,10-17H2,1-2H3. The summed E-state index contributed by atoms with van der Waals surface area (Å²) in [6, 6.07) is 8.82. The number of carbonyl (C=O) groups is 1. The summed E-state index contributed by atoms with van der Waals surface area (Å²) < 4.78 is 11.0. The second-order valence-electron chi connectivity index (χ2n) is 7.77. The Kier molecular flexibility index (Phi) is 7.50. The van der Waals surface area contributed by atoms with Crippen LogP contribution in [0.1, 0.15) is 24.8 Å². The van der Waals surface area contributed by atoms with Gasteiger partial charge in [0.2, 0.25) is 0 Å². The normalized spacial score (nSPS) is 21.9. The van der Waals surface area contributed by atoms with Crippen molar-refractivity contribution in [1.82, 2.24) is 14.7 Å². The molecule has 1 aromatic rings. The molecular formula is C21H33N3O3. The van der Waals surface area contributed by atoms with Crippen LogP contribution in [0.2, 0.25) is 0 Å². The zero-order valence-electron chi connectivity index (χ0n) is 16.7. The summed E-state index contributed by atoms with van der Waals surface area (Å²) in [6.07, 6.45) is 3.87. The Morgan fingerprint density at radius 2 is 1.89 bits per heavy atom. The molecule has 2 saturated heterocycles. The number of morpholine rings is 1. The van der Waals surface area contributed by atoms with Crippen LogP contribution in [0.5, 0.6) is 5.75 Å². The molecule has 1 aromatic carbocycles. The predicted octanol–water partition coefficient (Wildman–Crippen LogP) is 1.84. The van der Waals surface area contributed by atoms with Crippen LogP contribution in [0, 0.1) is 0 Å². The summed E-state index contributed by atoms with van der Waals surface area (Å²) in [4.78, 5) is 18.9. The van der Waals surface area contributed by atoms with Crippen LogP contribution in [0.3, 0.4) is 0 Å². The summed E-state index contributed by atoms with van der Waals surface area (Å²) in [5.41, 5.74) is 1.29. The molecule has 1 unspecified atom stereocenters. The Labute approximate surface area is 163 Å². The number of amides is 1. The molecule has 2 heterocycles. The van der Waals surface area contributed by atoms with E-state index in [0.717, 1.165) is 25.4 Å². The number of carbonyl (C=O) groups excluding carboxylic acids is 1. The van der Waals surface area contributed by atoms with Gasteiger partial charge in [-0.3, -0.25) is 9.69 Å². The van der Waals surface area contributed by atoms with E-state index in [1.54, 1.807) is 4.90 Å². The average molecular weight is 376 g/mol. The van der Waals surface area contributed by atoms with Crippen molar-refractivity contribution in [2.24, 2.45) is 0 Å². The first kappa shape index (κ1) is 20.1. The first-order valence-corrected chi connectivity index (χ1v) is 10.1. The monoisotopic (exact) mass is 375 g/mol. The van der Waals surface area contributed by atoms with Crippen molar-refractivity contribution in [2.45, 2.75) is 31.8 Å². The first-order chi connectivity index (χ1) is 13.1. The number of likely N-dealkylation sites (tertiary alicyclic amines) is 1. The molecule has 6 heteroatoms. The molecule has 1 atom stereocenters. The van der Waals surface area contributed by atoms with Gasteiger partial charge in [-0.25, -0.2) is 0 Å². The lowest BCUT2D eigenvalue weighted by Crippen LogP contribution is -2.42. The summed E-state index contributed by atoms with van der Waals surface area (Å²) in [6.45, 7) is 5.90. The van der Waals surface area contributed by atoms with Crippen molar-refractivity contribution in [3.05, 3.63) is 29.8 Å². The van der Waals surface area contributed by atoms with Crippen LogP contribution in [0.25, 0.3) is 0 Å². The maximum absolute atomic E-state index is 12.2. The van der Waals surface area contributed by atoms with E-state index in [9.17, 15) is 4.79 Å². The number of ether oxygens (including phenoxy) is 2. The highest BCUT2D eigenvalue weighted by atomic mass is 16.5. The van der Waals surface area contributed by atoms with Gasteiger partial charge in [0.15, 0.2) is 6.61 Å². The molecule has 0 spiro atoms. The lowest BCUT2D eigenvalue weighted by Gasteiger charge is -2.28. The number of rotatable bonds is 6. The molecule has 2 fully saturated rings. The van der Waals surface area contributed by atoms with Crippen LogP contribution in [0.15, 0.2) is 24.3 Å². The molecule has 0 radical (unpaired) electrons. The van der Waals surface area contributed by atoms with E-state index in [1.807, 2.05) is 12.1 Å². The topological polar surface area (TPSA) is 45.2 Å². The van der Waals surface area contributed by atoms with Gasteiger partial charge in [-0.1, -0.05) is 18.6 Å². The van der Waals surface area contributed by atoms with Gasteiger partial charge < -0.3 is 19.3 Å². The predicted molar refractivity (Wildman–Crippen MR) is 106 cm³/mol. The highest BCUT2D eigenvalue weighted by Gasteiger charge is 2.20. The molecule has 0 aromatic heterocycles. The second-order valence-corrected chi connectivity index (χ2v) is 7.77. The van der Waals surface area contributed by atoms with Crippen LogP contribution in [0.4, 0.5) is 0 Å². The van der Waals surface area contributed by atoms with E-state index >= 15 is 0 Å². The zero-order chi connectivity index (χ0) is 19.1. The van der Waals surface area contributed by atoms with Gasteiger partial charge in [-0.2, -0.15) is 0 Å². The third-order valence-electron chi connectivity index (χ3n) is 5.52. The highest BCUT2D eigenvalue weighted by molar-refractivity contribution is 5.77. The minimum atomic E-state index is 0.0293. The van der Waals surface area contributed by atoms with E-state index in [4.69, 9.17) is 9.47 Å². The molecule has 1 amide bonds. The molecule has 0 aliphatic carbocycles. The molecule has 0 bridgehead atoms. The highest BCUT2D eigenvalue weighted by Crippen LogP contribution is 2.18. The molecule has 27 heavy (non-hydrogen) atoms. The number of hydrogen-bond acceptors (Lipinski definition) is 5. The second kappa shape index (κ2) is 10.1. The maximum atomic E-state index is 12.2. The lowest BCUT2D eigenvalue weighted by atomic mass is 10.1. The van der Waals surface area contributed by atoms with Crippen LogP contribution >= 0.6 is 0 Å². The van der Waals surface area contributed by atoms with E-state index in [1.165, 1.54) is 24.8 Å². The van der Waals surface area contributed by atoms with Crippen molar-refractivity contribution >= 4 is 5.91 Å². The van der Waals surface area contributed by atoms with Gasteiger partial charge in [0.25, 0.3) is 5.91 Å². The zero-order valence-corrected chi connectivity index (χ0v) is 16.7. The smallest absolute Gasteiger partial charge is 0.260 e. The van der Waals surface area contributed by atoms with E-state index in [0.29, 0.717) is 32.3 Å². The van der Waals surface area contributed by atoms with Gasteiger partial charge in [-0.05, 0) is 51.2 Å². The first-order valence-electron chi connectivity index (χ1n) is 10.1. The number of likely N-dealkylation sites (N-methyl/N-ethyl adjacent to an activating group) is 1. The summed E-state index contributed by atoms with van der Waals surface area (Å²) >= 11 is 0. The van der Waals surface area contributed by atoms with Gasteiger partial charge in [0, 0.05) is 32.2 Å². The largest absolute Gasteiger partial charge is 0.484 e. The number of nitrogens with zero attached hydrogens (tertiary/aromatic N) is 3. The molecule has 3 rings (SSSR count). The summed E-state index contributed by atoms with van der Waals surface area (Å²) in [5.74, 6) is 0.782. The van der Waals surface area contributed by atoms with Crippen LogP contribution in [-0.2, 0) is 16.1 Å². The maximum Gasteiger partial charge on any atom is 0.260 e. The van der Waals surface area contributed by atoms with Crippen molar-refractivity contribution in [2.75, 3.05) is 60.1 Å². The summed E-state index contributed by atoms with van der Waals surface area (Å²) in [5, 5.41) is 0. The molecule has 2 aliphatic rings. The van der Waals surface area contributed by atoms with E-state index < -0.39 is 0 Å². The summed E-state index contributed by atoms with van der Waals surface area (Å²) in [7, 11) is 4.36. The Balaban J connectivity index is 1.47. The molecular weight excluding hydrogens is 342 g/mol. The number of hydrogen-bond donors (Lipinski definition) is 0. The number of benzene rings is 1. The van der Waals surface area contributed by atoms with Crippen molar-refractivity contribution < 1.29 is 14.3 Å². The van der Waals surface area contributed by atoms with E-state index in [-0.39, 0.29) is 12.5 Å². The van der Waals surface area contributed by atoms with Crippen molar-refractivity contribution in [1.29, 1.82) is 0 Å². The van der Waals surface area contributed by atoms with Crippen molar-refractivity contribution in [3.63, 3.8) is 0 Å². The average Bonchev–Trinajstić information content (AvgIpc) is 2.94. The molecule has 0 N–H and O–H groups in total. The third-order valence-corrected chi connectivity index (χ3v) is 5.52.